The average Bonchev–Trinajstić information content (AvgIpc) is 2.88. The van der Waals surface area contributed by atoms with Crippen molar-refractivity contribution in [2.45, 2.75) is 18.4 Å². The summed E-state index contributed by atoms with van der Waals surface area (Å²) in [7, 11) is 0. The Hall–Kier alpha value is -1.47. The normalized spacial score (nSPS) is 29.1. The van der Waals surface area contributed by atoms with Crippen LogP contribution in [0.3, 0.4) is 0 Å². The Morgan fingerprint density at radius 2 is 1.85 bits per heavy atom. The molecule has 0 radical (unpaired) electrons. The van der Waals surface area contributed by atoms with Gasteiger partial charge in [0.25, 0.3) is 5.91 Å². The van der Waals surface area contributed by atoms with Crippen molar-refractivity contribution in [3.05, 3.63) is 30.3 Å². The molecule has 0 saturated carbocycles. The van der Waals surface area contributed by atoms with Crippen molar-refractivity contribution < 1.29 is 19.0 Å². The van der Waals surface area contributed by atoms with Gasteiger partial charge in [-0.1, -0.05) is 18.2 Å². The molecular weight excluding hydrogens is 332 g/mol. The van der Waals surface area contributed by atoms with E-state index in [4.69, 9.17) is 14.2 Å². The van der Waals surface area contributed by atoms with Crippen LogP contribution < -0.4 is 4.90 Å². The fourth-order valence-corrected chi connectivity index (χ4v) is 4.17. The molecule has 4 rings (SSSR count). The minimum atomic E-state index is -0.453. The highest BCUT2D eigenvalue weighted by atomic mass is 16.6. The van der Waals surface area contributed by atoms with Crippen LogP contribution in [0.5, 0.6) is 0 Å². The van der Waals surface area contributed by atoms with Gasteiger partial charge in [-0.05, 0) is 30.9 Å². The van der Waals surface area contributed by atoms with Crippen LogP contribution in [0.1, 0.15) is 12.8 Å². The van der Waals surface area contributed by atoms with Crippen LogP contribution >= 0.6 is 0 Å². The highest BCUT2D eigenvalue weighted by Crippen LogP contribution is 2.28. The maximum absolute atomic E-state index is 12.4. The first-order valence-electron chi connectivity index (χ1n) is 9.61. The summed E-state index contributed by atoms with van der Waals surface area (Å²) in [5, 5.41) is 0. The van der Waals surface area contributed by atoms with Gasteiger partial charge in [0, 0.05) is 38.5 Å². The number of anilines is 1. The van der Waals surface area contributed by atoms with Crippen molar-refractivity contribution in [1.29, 1.82) is 0 Å². The average molecular weight is 360 g/mol. The summed E-state index contributed by atoms with van der Waals surface area (Å²) in [6, 6.07) is 9.86. The lowest BCUT2D eigenvalue weighted by Gasteiger charge is -2.43. The molecule has 1 aromatic rings. The number of benzene rings is 1. The lowest BCUT2D eigenvalue weighted by Crippen LogP contribution is -2.61. The second-order valence-electron chi connectivity index (χ2n) is 7.63. The topological polar surface area (TPSA) is 51.2 Å². The summed E-state index contributed by atoms with van der Waals surface area (Å²) in [4.78, 5) is 16.7. The van der Waals surface area contributed by atoms with Crippen LogP contribution in [0, 0.1) is 5.92 Å². The van der Waals surface area contributed by atoms with Gasteiger partial charge >= 0.3 is 0 Å². The van der Waals surface area contributed by atoms with E-state index in [1.165, 1.54) is 0 Å². The third-order valence-corrected chi connectivity index (χ3v) is 5.60. The van der Waals surface area contributed by atoms with Gasteiger partial charge in [0.1, 0.15) is 12.2 Å². The smallest absolute Gasteiger partial charge is 0.253 e. The van der Waals surface area contributed by atoms with Gasteiger partial charge in [0.15, 0.2) is 0 Å². The van der Waals surface area contributed by atoms with E-state index in [0.29, 0.717) is 25.7 Å². The Balaban J connectivity index is 1.47. The van der Waals surface area contributed by atoms with E-state index in [9.17, 15) is 4.79 Å². The molecule has 26 heavy (non-hydrogen) atoms. The predicted octanol–water partition coefficient (Wildman–Crippen LogP) is 1.55. The van der Waals surface area contributed by atoms with E-state index >= 15 is 0 Å². The van der Waals surface area contributed by atoms with Gasteiger partial charge in [-0.3, -0.25) is 9.69 Å². The number of hydrogen-bond donors (Lipinski definition) is 0. The first-order chi connectivity index (χ1) is 12.7. The second-order valence-corrected chi connectivity index (χ2v) is 7.63. The van der Waals surface area contributed by atoms with E-state index in [1.807, 2.05) is 35.2 Å². The van der Waals surface area contributed by atoms with E-state index in [0.717, 1.165) is 51.4 Å². The minimum Gasteiger partial charge on any atom is -0.381 e. The van der Waals surface area contributed by atoms with Crippen LogP contribution in [0.15, 0.2) is 30.3 Å². The standard InChI is InChI=1S/C20H28N2O4/c23-19-13-26-20(15-22(19)18-4-2-1-3-5-18)14-21(8-11-25-16-20)12-17-6-9-24-10-7-17/h1-5,17H,6-16H2. The molecule has 6 nitrogen and oxygen atoms in total. The molecule has 3 aliphatic rings. The van der Waals surface area contributed by atoms with Crippen molar-refractivity contribution in [2.24, 2.45) is 5.92 Å². The zero-order valence-electron chi connectivity index (χ0n) is 15.3. The molecule has 6 heteroatoms. The molecule has 3 heterocycles. The number of ether oxygens (including phenoxy) is 3. The summed E-state index contributed by atoms with van der Waals surface area (Å²) in [5.41, 5.74) is 0.478. The molecule has 0 bridgehead atoms. The first kappa shape index (κ1) is 17.9. The minimum absolute atomic E-state index is 0.0158. The highest BCUT2D eigenvalue weighted by Gasteiger charge is 2.43. The maximum Gasteiger partial charge on any atom is 0.253 e. The second kappa shape index (κ2) is 8.05. The predicted molar refractivity (Wildman–Crippen MR) is 98.3 cm³/mol. The molecule has 3 fully saturated rings. The molecule has 1 spiro atoms. The number of morpholine rings is 1. The number of amides is 1. The number of rotatable bonds is 3. The maximum atomic E-state index is 12.4. The van der Waals surface area contributed by atoms with Crippen LogP contribution in [-0.2, 0) is 19.0 Å². The molecule has 1 aromatic carbocycles. The summed E-state index contributed by atoms with van der Waals surface area (Å²) in [6.45, 7) is 6.42. The monoisotopic (exact) mass is 360 g/mol. The van der Waals surface area contributed by atoms with E-state index in [2.05, 4.69) is 4.90 Å². The lowest BCUT2D eigenvalue weighted by molar-refractivity contribution is -0.146. The molecule has 1 atom stereocenters. The van der Waals surface area contributed by atoms with Crippen molar-refractivity contribution in [1.82, 2.24) is 4.90 Å². The summed E-state index contributed by atoms with van der Waals surface area (Å²) >= 11 is 0. The molecule has 3 saturated heterocycles. The molecule has 3 aliphatic heterocycles. The Kier molecular flexibility index (Phi) is 5.55. The molecule has 0 aromatic heterocycles. The van der Waals surface area contributed by atoms with E-state index < -0.39 is 5.60 Å². The van der Waals surface area contributed by atoms with Gasteiger partial charge in [0.2, 0.25) is 0 Å². The fourth-order valence-electron chi connectivity index (χ4n) is 4.17. The van der Waals surface area contributed by atoms with E-state index in [-0.39, 0.29) is 12.5 Å². The molecular formula is C20H28N2O4. The largest absolute Gasteiger partial charge is 0.381 e. The van der Waals surface area contributed by atoms with Crippen LogP contribution in [0.2, 0.25) is 0 Å². The Morgan fingerprint density at radius 1 is 1.04 bits per heavy atom. The quantitative estimate of drug-likeness (QED) is 0.819. The third kappa shape index (κ3) is 4.09. The number of carbonyl (C=O) groups excluding carboxylic acids is 1. The van der Waals surface area contributed by atoms with Gasteiger partial charge in [-0.15, -0.1) is 0 Å². The SMILES string of the molecule is O=C1COC2(COCCN(CC3CCOCC3)C2)CN1c1ccccc1. The Morgan fingerprint density at radius 3 is 2.65 bits per heavy atom. The van der Waals surface area contributed by atoms with Crippen molar-refractivity contribution in [3.8, 4) is 0 Å². The number of nitrogens with zero attached hydrogens (tertiary/aromatic N) is 2. The van der Waals surface area contributed by atoms with Gasteiger partial charge in [-0.2, -0.15) is 0 Å². The first-order valence-corrected chi connectivity index (χ1v) is 9.61. The van der Waals surface area contributed by atoms with Crippen molar-refractivity contribution in [3.63, 3.8) is 0 Å². The number of para-hydroxylation sites is 1. The fraction of sp³-hybridized carbons (Fsp3) is 0.650. The van der Waals surface area contributed by atoms with Crippen molar-refractivity contribution >= 4 is 11.6 Å². The molecule has 0 N–H and O–H groups in total. The van der Waals surface area contributed by atoms with Crippen molar-refractivity contribution in [2.75, 3.05) is 64.1 Å². The lowest BCUT2D eigenvalue weighted by atomic mass is 9.97. The van der Waals surface area contributed by atoms with Gasteiger partial charge in [0.05, 0.1) is 19.8 Å². The highest BCUT2D eigenvalue weighted by molar-refractivity contribution is 5.95. The number of hydrogen-bond acceptors (Lipinski definition) is 5. The Bertz CT molecular complexity index is 605. The molecule has 1 unspecified atom stereocenters. The van der Waals surface area contributed by atoms with Gasteiger partial charge in [-0.25, -0.2) is 0 Å². The summed E-state index contributed by atoms with van der Waals surface area (Å²) < 4.78 is 17.5. The molecule has 1 amide bonds. The molecule has 142 valence electrons. The van der Waals surface area contributed by atoms with Gasteiger partial charge < -0.3 is 19.1 Å². The Labute approximate surface area is 155 Å². The zero-order chi connectivity index (χ0) is 17.8. The van der Waals surface area contributed by atoms with E-state index in [1.54, 1.807) is 0 Å². The van der Waals surface area contributed by atoms with Crippen LogP contribution in [0.25, 0.3) is 0 Å². The summed E-state index contributed by atoms with van der Waals surface area (Å²) in [5.74, 6) is 0.691. The molecule has 0 aliphatic carbocycles. The third-order valence-electron chi connectivity index (χ3n) is 5.60. The summed E-state index contributed by atoms with van der Waals surface area (Å²) in [6.07, 6.45) is 2.25. The van der Waals surface area contributed by atoms with Crippen LogP contribution in [0.4, 0.5) is 5.69 Å². The zero-order valence-corrected chi connectivity index (χ0v) is 15.3. The van der Waals surface area contributed by atoms with Crippen LogP contribution in [-0.4, -0.2) is 75.6 Å². The number of carbonyl (C=O) groups is 1.